The molecule has 2 aliphatic rings. The summed E-state index contributed by atoms with van der Waals surface area (Å²) in [5.41, 5.74) is 1.45. The minimum Gasteiger partial charge on any atom is -0.497 e. The highest BCUT2D eigenvalue weighted by Crippen LogP contribution is 2.33. The zero-order chi connectivity index (χ0) is 22.9. The summed E-state index contributed by atoms with van der Waals surface area (Å²) < 4.78 is 29.4. The van der Waals surface area contributed by atoms with Crippen LogP contribution in [0, 0.1) is 5.92 Å². The number of carbonyl (C=O) groups excluding carboxylic acids is 2. The largest absolute Gasteiger partial charge is 0.497 e. The van der Waals surface area contributed by atoms with E-state index in [0.717, 1.165) is 5.56 Å². The molecule has 7 nitrogen and oxygen atoms in total. The number of amides is 2. The highest BCUT2D eigenvalue weighted by Gasteiger charge is 2.42. The number of methoxy groups -OCH3 is 1. The van der Waals surface area contributed by atoms with E-state index < -0.39 is 21.8 Å². The molecule has 170 valence electrons. The first-order chi connectivity index (χ1) is 15.3. The van der Waals surface area contributed by atoms with Gasteiger partial charge in [0.15, 0.2) is 9.84 Å². The van der Waals surface area contributed by atoms with Crippen LogP contribution in [0.5, 0.6) is 5.75 Å². The molecule has 2 aromatic carbocycles. The first kappa shape index (κ1) is 22.6. The Hall–Kier alpha value is -2.58. The van der Waals surface area contributed by atoms with Gasteiger partial charge in [0.25, 0.3) is 0 Å². The van der Waals surface area contributed by atoms with E-state index in [0.29, 0.717) is 22.9 Å². The van der Waals surface area contributed by atoms with Crippen LogP contribution in [0.25, 0.3) is 0 Å². The molecule has 0 bridgehead atoms. The van der Waals surface area contributed by atoms with Crippen molar-refractivity contribution < 1.29 is 22.7 Å². The van der Waals surface area contributed by atoms with Gasteiger partial charge >= 0.3 is 0 Å². The molecule has 2 aromatic rings. The zero-order valence-electron chi connectivity index (χ0n) is 17.7. The van der Waals surface area contributed by atoms with E-state index in [4.69, 9.17) is 16.3 Å². The van der Waals surface area contributed by atoms with E-state index in [1.54, 1.807) is 41.2 Å². The third-order valence-corrected chi connectivity index (χ3v) is 8.13. The van der Waals surface area contributed by atoms with Crippen molar-refractivity contribution in [1.82, 2.24) is 4.90 Å². The molecule has 2 amide bonds. The smallest absolute Gasteiger partial charge is 0.228 e. The summed E-state index contributed by atoms with van der Waals surface area (Å²) >= 11 is 6.26. The monoisotopic (exact) mass is 476 g/mol. The fourth-order valence-corrected chi connectivity index (χ4v) is 6.32. The number of hydrogen-bond acceptors (Lipinski definition) is 5. The number of sulfone groups is 1. The highest BCUT2D eigenvalue weighted by molar-refractivity contribution is 7.91. The lowest BCUT2D eigenvalue weighted by Crippen LogP contribution is -2.44. The SMILES string of the molecule is COc1ccc(CN(C(=O)[C@H]2CC(=O)N(c3ccccc3Cl)C2)[C@@H]2CCS(=O)(=O)C2)cc1. The molecule has 0 N–H and O–H groups in total. The predicted octanol–water partition coefficient (Wildman–Crippen LogP) is 2.92. The summed E-state index contributed by atoms with van der Waals surface area (Å²) in [6.45, 7) is 0.500. The third kappa shape index (κ3) is 4.76. The molecule has 4 rings (SSSR count). The highest BCUT2D eigenvalue weighted by atomic mass is 35.5. The number of nitrogens with zero attached hydrogens (tertiary/aromatic N) is 2. The first-order valence-electron chi connectivity index (χ1n) is 10.5. The fraction of sp³-hybridized carbons (Fsp3) is 0.391. The molecule has 2 saturated heterocycles. The maximum Gasteiger partial charge on any atom is 0.228 e. The van der Waals surface area contributed by atoms with Crippen molar-refractivity contribution >= 4 is 38.9 Å². The Labute approximate surface area is 192 Å². The van der Waals surface area contributed by atoms with Crippen LogP contribution in [0.4, 0.5) is 5.69 Å². The lowest BCUT2D eigenvalue weighted by molar-refractivity contribution is -0.138. The lowest BCUT2D eigenvalue weighted by Gasteiger charge is -2.31. The Balaban J connectivity index is 1.57. The molecule has 2 aliphatic heterocycles. The van der Waals surface area contributed by atoms with Gasteiger partial charge in [-0.1, -0.05) is 35.9 Å². The number of rotatable bonds is 6. The zero-order valence-corrected chi connectivity index (χ0v) is 19.3. The Kier molecular flexibility index (Phi) is 6.44. The first-order valence-corrected chi connectivity index (χ1v) is 12.7. The summed E-state index contributed by atoms with van der Waals surface area (Å²) in [5.74, 6) is -0.207. The topological polar surface area (TPSA) is 84.0 Å². The molecular formula is C23H25ClN2O5S. The van der Waals surface area contributed by atoms with Gasteiger partial charge < -0.3 is 14.5 Å². The van der Waals surface area contributed by atoms with Gasteiger partial charge in [-0.05, 0) is 36.2 Å². The second-order valence-electron chi connectivity index (χ2n) is 8.23. The van der Waals surface area contributed by atoms with E-state index in [2.05, 4.69) is 0 Å². The standard InChI is InChI=1S/C23H25ClN2O5S/c1-31-19-8-6-16(7-9-19)13-25(18-10-11-32(29,30)15-18)23(28)17-12-22(27)26(14-17)21-5-3-2-4-20(21)24/h2-9,17-18H,10-15H2,1H3/t17-,18+/m0/s1. The minimum atomic E-state index is -3.18. The predicted molar refractivity (Wildman–Crippen MR) is 123 cm³/mol. The van der Waals surface area contributed by atoms with Crippen molar-refractivity contribution in [3.63, 3.8) is 0 Å². The van der Waals surface area contributed by atoms with Gasteiger partial charge in [0, 0.05) is 25.6 Å². The number of halogens is 1. The summed E-state index contributed by atoms with van der Waals surface area (Å²) in [7, 11) is -1.60. The number of carbonyl (C=O) groups is 2. The van der Waals surface area contributed by atoms with E-state index in [-0.39, 0.29) is 42.8 Å². The van der Waals surface area contributed by atoms with Crippen molar-refractivity contribution in [3.05, 3.63) is 59.1 Å². The van der Waals surface area contributed by atoms with Gasteiger partial charge in [-0.3, -0.25) is 9.59 Å². The Morgan fingerprint density at radius 1 is 1.19 bits per heavy atom. The molecule has 0 unspecified atom stereocenters. The van der Waals surface area contributed by atoms with Crippen molar-refractivity contribution in [3.8, 4) is 5.75 Å². The van der Waals surface area contributed by atoms with Crippen LogP contribution in [0.3, 0.4) is 0 Å². The molecule has 0 saturated carbocycles. The average molecular weight is 477 g/mol. The Morgan fingerprint density at radius 3 is 2.53 bits per heavy atom. The Bertz CT molecular complexity index is 1120. The van der Waals surface area contributed by atoms with E-state index in [9.17, 15) is 18.0 Å². The quantitative estimate of drug-likeness (QED) is 0.640. The molecule has 2 atom stereocenters. The van der Waals surface area contributed by atoms with E-state index in [1.807, 2.05) is 24.3 Å². The number of anilines is 1. The molecule has 0 radical (unpaired) electrons. The van der Waals surface area contributed by atoms with E-state index >= 15 is 0 Å². The van der Waals surface area contributed by atoms with Crippen LogP contribution in [-0.2, 0) is 26.0 Å². The van der Waals surface area contributed by atoms with Crippen molar-refractivity contribution in [2.24, 2.45) is 5.92 Å². The van der Waals surface area contributed by atoms with Gasteiger partial charge in [-0.15, -0.1) is 0 Å². The molecule has 0 aliphatic carbocycles. The van der Waals surface area contributed by atoms with Crippen molar-refractivity contribution in [2.75, 3.05) is 30.1 Å². The number of benzene rings is 2. The lowest BCUT2D eigenvalue weighted by atomic mass is 10.0. The van der Waals surface area contributed by atoms with Crippen molar-refractivity contribution in [1.29, 1.82) is 0 Å². The summed E-state index contributed by atoms with van der Waals surface area (Å²) in [5, 5.41) is 0.450. The van der Waals surface area contributed by atoms with Gasteiger partial charge in [-0.2, -0.15) is 0 Å². The molecule has 0 spiro atoms. The number of ether oxygens (including phenoxy) is 1. The number of hydrogen-bond donors (Lipinski definition) is 0. The third-order valence-electron chi connectivity index (χ3n) is 6.06. The summed E-state index contributed by atoms with van der Waals surface area (Å²) in [4.78, 5) is 29.5. The molecule has 2 heterocycles. The van der Waals surface area contributed by atoms with E-state index in [1.165, 1.54) is 0 Å². The number of para-hydroxylation sites is 1. The summed E-state index contributed by atoms with van der Waals surface area (Å²) in [6, 6.07) is 14.0. The molecule has 2 fully saturated rings. The van der Waals surface area contributed by atoms with Gasteiger partial charge in [-0.25, -0.2) is 8.42 Å². The molecule has 9 heteroatoms. The van der Waals surface area contributed by atoms with Gasteiger partial charge in [0.1, 0.15) is 5.75 Å². The van der Waals surface area contributed by atoms with Crippen molar-refractivity contribution in [2.45, 2.75) is 25.4 Å². The molecule has 0 aromatic heterocycles. The maximum absolute atomic E-state index is 13.6. The maximum atomic E-state index is 13.6. The normalized spacial score (nSPS) is 22.2. The van der Waals surface area contributed by atoms with Crippen LogP contribution < -0.4 is 9.64 Å². The summed E-state index contributed by atoms with van der Waals surface area (Å²) in [6.07, 6.45) is 0.474. The van der Waals surface area contributed by atoms with Gasteiger partial charge in [0.2, 0.25) is 11.8 Å². The molecule has 32 heavy (non-hydrogen) atoms. The second kappa shape index (κ2) is 9.11. The second-order valence-corrected chi connectivity index (χ2v) is 10.9. The minimum absolute atomic E-state index is 0.0518. The molecular weight excluding hydrogens is 452 g/mol. The fourth-order valence-electron chi connectivity index (χ4n) is 4.35. The van der Waals surface area contributed by atoms with Crippen LogP contribution >= 0.6 is 11.6 Å². The van der Waals surface area contributed by atoms with Crippen LogP contribution in [0.1, 0.15) is 18.4 Å². The average Bonchev–Trinajstić information content (AvgIpc) is 3.34. The van der Waals surface area contributed by atoms with Crippen LogP contribution in [-0.4, -0.2) is 56.3 Å². The van der Waals surface area contributed by atoms with Crippen LogP contribution in [0.15, 0.2) is 48.5 Å². The van der Waals surface area contributed by atoms with Crippen LogP contribution in [0.2, 0.25) is 5.02 Å². The Morgan fingerprint density at radius 2 is 1.91 bits per heavy atom. The van der Waals surface area contributed by atoms with Gasteiger partial charge in [0.05, 0.1) is 35.2 Å².